The molecule has 6 heteroatoms. The fourth-order valence-electron chi connectivity index (χ4n) is 1.91. The quantitative estimate of drug-likeness (QED) is 0.679. The first-order valence-electron chi connectivity index (χ1n) is 7.01. The summed E-state index contributed by atoms with van der Waals surface area (Å²) in [4.78, 5) is 12.2. The van der Waals surface area contributed by atoms with Gasteiger partial charge in [0.05, 0.1) is 0 Å². The number of carbonyl (C=O) groups is 1. The van der Waals surface area contributed by atoms with Gasteiger partial charge in [0.1, 0.15) is 16.6 Å². The Morgan fingerprint density at radius 1 is 1.32 bits per heavy atom. The van der Waals surface area contributed by atoms with Crippen LogP contribution in [0.4, 0.5) is 5.13 Å². The van der Waals surface area contributed by atoms with E-state index in [1.165, 1.54) is 11.3 Å². The molecule has 1 aromatic carbocycles. The first-order valence-corrected chi connectivity index (χ1v) is 7.83. The van der Waals surface area contributed by atoms with E-state index in [1.54, 1.807) is 6.08 Å². The van der Waals surface area contributed by atoms with Gasteiger partial charge in [0, 0.05) is 0 Å². The van der Waals surface area contributed by atoms with Crippen LogP contribution in [0.3, 0.4) is 0 Å². The van der Waals surface area contributed by atoms with Crippen molar-refractivity contribution in [3.63, 3.8) is 0 Å². The lowest BCUT2D eigenvalue weighted by Crippen LogP contribution is -2.13. The van der Waals surface area contributed by atoms with Crippen LogP contribution in [0.2, 0.25) is 0 Å². The number of carbonyl (C=O) groups excluding carboxylic acids is 1. The van der Waals surface area contributed by atoms with Gasteiger partial charge >= 0.3 is 0 Å². The van der Waals surface area contributed by atoms with Gasteiger partial charge in [-0.25, -0.2) is 0 Å². The predicted octanol–water partition coefficient (Wildman–Crippen LogP) is 3.21. The molecule has 1 heterocycles. The zero-order valence-corrected chi connectivity index (χ0v) is 13.3. The molecule has 0 bridgehead atoms. The van der Waals surface area contributed by atoms with Crippen molar-refractivity contribution in [1.29, 1.82) is 5.26 Å². The summed E-state index contributed by atoms with van der Waals surface area (Å²) in [6.45, 7) is 4.00. The lowest BCUT2D eigenvalue weighted by Gasteiger charge is -2.04. The molecule has 0 aliphatic rings. The molecule has 1 aromatic heterocycles. The first-order chi connectivity index (χ1) is 10.7. The van der Waals surface area contributed by atoms with Crippen molar-refractivity contribution in [2.45, 2.75) is 26.7 Å². The first kappa shape index (κ1) is 15.9. The van der Waals surface area contributed by atoms with E-state index in [1.807, 2.05) is 44.2 Å². The van der Waals surface area contributed by atoms with Crippen molar-refractivity contribution in [1.82, 2.24) is 10.2 Å². The minimum atomic E-state index is -0.466. The molecule has 0 fully saturated rings. The lowest BCUT2D eigenvalue weighted by molar-refractivity contribution is -0.112. The monoisotopic (exact) mass is 312 g/mol. The number of hydrogen-bond donors (Lipinski definition) is 1. The van der Waals surface area contributed by atoms with E-state index < -0.39 is 5.91 Å². The van der Waals surface area contributed by atoms with E-state index in [4.69, 9.17) is 0 Å². The summed E-state index contributed by atoms with van der Waals surface area (Å²) >= 11 is 1.31. The van der Waals surface area contributed by atoms with Gasteiger partial charge in [-0.1, -0.05) is 49.4 Å². The predicted molar refractivity (Wildman–Crippen MR) is 87.3 cm³/mol. The number of amides is 1. The molecule has 5 nitrogen and oxygen atoms in total. The van der Waals surface area contributed by atoms with Crippen LogP contribution in [-0.4, -0.2) is 16.1 Å². The second-order valence-corrected chi connectivity index (χ2v) is 5.59. The number of anilines is 1. The zero-order valence-electron chi connectivity index (χ0n) is 12.5. The van der Waals surface area contributed by atoms with E-state index in [-0.39, 0.29) is 5.57 Å². The van der Waals surface area contributed by atoms with Gasteiger partial charge in [0.15, 0.2) is 0 Å². The average molecular weight is 312 g/mol. The fourth-order valence-corrected chi connectivity index (χ4v) is 2.59. The van der Waals surface area contributed by atoms with Gasteiger partial charge in [-0.2, -0.15) is 5.26 Å². The molecule has 1 amide bonds. The molecule has 0 unspecified atom stereocenters. The van der Waals surface area contributed by atoms with Crippen LogP contribution in [-0.2, 0) is 17.6 Å². The Morgan fingerprint density at radius 3 is 2.73 bits per heavy atom. The third-order valence-electron chi connectivity index (χ3n) is 3.09. The highest BCUT2D eigenvalue weighted by molar-refractivity contribution is 7.15. The highest BCUT2D eigenvalue weighted by Gasteiger charge is 2.13. The maximum atomic E-state index is 12.2. The number of aryl methyl sites for hydroxylation is 2. The normalized spacial score (nSPS) is 11.0. The maximum Gasteiger partial charge on any atom is 0.268 e. The Kier molecular flexibility index (Phi) is 5.39. The molecule has 0 saturated heterocycles. The number of rotatable bonds is 5. The van der Waals surface area contributed by atoms with Crippen LogP contribution in [0.1, 0.15) is 30.0 Å². The SMILES string of the molecule is CCc1nnc(NC(=O)/C(C#N)=C\c2ccccc2CC)s1. The largest absolute Gasteiger partial charge is 0.296 e. The molecule has 0 aliphatic carbocycles. The third kappa shape index (κ3) is 3.77. The van der Waals surface area contributed by atoms with Crippen molar-refractivity contribution < 1.29 is 4.79 Å². The zero-order chi connectivity index (χ0) is 15.9. The van der Waals surface area contributed by atoms with E-state index in [0.29, 0.717) is 5.13 Å². The van der Waals surface area contributed by atoms with E-state index in [0.717, 1.165) is 29.0 Å². The van der Waals surface area contributed by atoms with Gasteiger partial charge in [-0.3, -0.25) is 10.1 Å². The second kappa shape index (κ2) is 7.48. The summed E-state index contributed by atoms with van der Waals surface area (Å²) in [6, 6.07) is 9.65. The lowest BCUT2D eigenvalue weighted by atomic mass is 10.0. The molecular weight excluding hydrogens is 296 g/mol. The summed E-state index contributed by atoms with van der Waals surface area (Å²) in [7, 11) is 0. The molecule has 2 rings (SSSR count). The Morgan fingerprint density at radius 2 is 2.09 bits per heavy atom. The van der Waals surface area contributed by atoms with Crippen LogP contribution in [0, 0.1) is 11.3 Å². The van der Waals surface area contributed by atoms with E-state index >= 15 is 0 Å². The molecule has 1 N–H and O–H groups in total. The average Bonchev–Trinajstić information content (AvgIpc) is 3.00. The Hall–Kier alpha value is -2.52. The minimum absolute atomic E-state index is 0.0501. The van der Waals surface area contributed by atoms with Crippen molar-refractivity contribution in [3.05, 3.63) is 46.0 Å². The highest BCUT2D eigenvalue weighted by Crippen LogP contribution is 2.18. The number of aromatic nitrogens is 2. The standard InChI is InChI=1S/C16H16N4OS/c1-3-11-7-5-6-8-12(11)9-13(10-17)15(21)18-16-20-19-14(4-2)22-16/h5-9H,3-4H2,1-2H3,(H,18,20,21)/b13-9-. The van der Waals surface area contributed by atoms with Gasteiger partial charge in [0.25, 0.3) is 5.91 Å². The minimum Gasteiger partial charge on any atom is -0.296 e. The second-order valence-electron chi connectivity index (χ2n) is 4.53. The summed E-state index contributed by atoms with van der Waals surface area (Å²) in [5.74, 6) is -0.466. The van der Waals surface area contributed by atoms with Gasteiger partial charge in [-0.05, 0) is 30.0 Å². The topological polar surface area (TPSA) is 78.7 Å². The van der Waals surface area contributed by atoms with Crippen molar-refractivity contribution in [2.75, 3.05) is 5.32 Å². The fraction of sp³-hybridized carbons (Fsp3) is 0.250. The van der Waals surface area contributed by atoms with Gasteiger partial charge in [0.2, 0.25) is 5.13 Å². The van der Waals surface area contributed by atoms with E-state index in [2.05, 4.69) is 15.5 Å². The number of benzene rings is 1. The van der Waals surface area contributed by atoms with Crippen molar-refractivity contribution in [3.8, 4) is 6.07 Å². The van der Waals surface area contributed by atoms with Gasteiger partial charge in [-0.15, -0.1) is 10.2 Å². The smallest absolute Gasteiger partial charge is 0.268 e. The Labute approximate surface area is 133 Å². The van der Waals surface area contributed by atoms with Gasteiger partial charge < -0.3 is 0 Å². The molecular formula is C16H16N4OS. The van der Waals surface area contributed by atoms with Crippen LogP contribution in [0.25, 0.3) is 6.08 Å². The van der Waals surface area contributed by atoms with Crippen LogP contribution < -0.4 is 5.32 Å². The summed E-state index contributed by atoms with van der Waals surface area (Å²) in [5, 5.41) is 20.9. The molecule has 112 valence electrons. The summed E-state index contributed by atoms with van der Waals surface area (Å²) in [5.41, 5.74) is 2.02. The number of hydrogen-bond acceptors (Lipinski definition) is 5. The Bertz CT molecular complexity index is 743. The van der Waals surface area contributed by atoms with E-state index in [9.17, 15) is 10.1 Å². The number of nitriles is 1. The molecule has 0 spiro atoms. The molecule has 22 heavy (non-hydrogen) atoms. The van der Waals surface area contributed by atoms with Crippen LogP contribution in [0.15, 0.2) is 29.8 Å². The molecule has 2 aromatic rings. The Balaban J connectivity index is 2.22. The summed E-state index contributed by atoms with van der Waals surface area (Å²) in [6.07, 6.45) is 3.21. The summed E-state index contributed by atoms with van der Waals surface area (Å²) < 4.78 is 0. The van der Waals surface area contributed by atoms with Crippen molar-refractivity contribution >= 4 is 28.5 Å². The highest BCUT2D eigenvalue weighted by atomic mass is 32.1. The van der Waals surface area contributed by atoms with Crippen LogP contribution in [0.5, 0.6) is 0 Å². The third-order valence-corrected chi connectivity index (χ3v) is 4.07. The maximum absolute atomic E-state index is 12.2. The molecule has 0 aliphatic heterocycles. The number of nitrogens with zero attached hydrogens (tertiary/aromatic N) is 3. The van der Waals surface area contributed by atoms with Crippen LogP contribution >= 0.6 is 11.3 Å². The molecule has 0 saturated carbocycles. The number of nitrogens with one attached hydrogen (secondary N) is 1. The molecule has 0 atom stereocenters. The molecule has 0 radical (unpaired) electrons. The van der Waals surface area contributed by atoms with Crippen molar-refractivity contribution in [2.24, 2.45) is 0 Å².